The number of aryl methyl sites for hydroxylation is 3. The monoisotopic (exact) mass is 273 g/mol. The third-order valence-corrected chi connectivity index (χ3v) is 3.85. The third-order valence-electron chi connectivity index (χ3n) is 3.85. The molecule has 0 aliphatic carbocycles. The fourth-order valence-electron chi connectivity index (χ4n) is 2.62. The van der Waals surface area contributed by atoms with Crippen molar-refractivity contribution in [2.75, 3.05) is 0 Å². The molecule has 0 amide bonds. The van der Waals surface area contributed by atoms with Crippen LogP contribution < -0.4 is 5.56 Å². The highest BCUT2D eigenvalue weighted by Gasteiger charge is 2.33. The molecule has 4 heteroatoms. The predicted molar refractivity (Wildman–Crippen MR) is 79.3 cm³/mol. The summed E-state index contributed by atoms with van der Waals surface area (Å²) in [4.78, 5) is 23.9. The second kappa shape index (κ2) is 4.47. The van der Waals surface area contributed by atoms with Gasteiger partial charge >= 0.3 is 5.97 Å². The van der Waals surface area contributed by atoms with Crippen molar-refractivity contribution in [3.63, 3.8) is 0 Å². The largest absolute Gasteiger partial charge is 0.481 e. The Morgan fingerprint density at radius 2 is 1.80 bits per heavy atom. The lowest BCUT2D eigenvalue weighted by Crippen LogP contribution is -2.37. The van der Waals surface area contributed by atoms with E-state index in [1.165, 1.54) is 0 Å². The molecule has 0 bridgehead atoms. The van der Waals surface area contributed by atoms with Gasteiger partial charge in [-0.3, -0.25) is 9.59 Å². The van der Waals surface area contributed by atoms with Crippen molar-refractivity contribution >= 4 is 16.9 Å². The standard InChI is InChI=1S/C16H19NO3/c1-9-6-10(2)13-11(7-9)8-12(14(18)17(13)5)16(3,4)15(19)20/h6-8H,1-5H3,(H,19,20). The van der Waals surface area contributed by atoms with Crippen LogP contribution in [0.15, 0.2) is 23.0 Å². The van der Waals surface area contributed by atoms with Crippen molar-refractivity contribution in [2.24, 2.45) is 7.05 Å². The van der Waals surface area contributed by atoms with Crippen LogP contribution in [-0.2, 0) is 17.3 Å². The lowest BCUT2D eigenvalue weighted by atomic mass is 9.84. The highest BCUT2D eigenvalue weighted by molar-refractivity contribution is 5.86. The average molecular weight is 273 g/mol. The van der Waals surface area contributed by atoms with Gasteiger partial charge in [0.25, 0.3) is 5.56 Å². The van der Waals surface area contributed by atoms with E-state index in [2.05, 4.69) is 0 Å². The number of carboxylic acids is 1. The van der Waals surface area contributed by atoms with Crippen LogP contribution in [0.4, 0.5) is 0 Å². The second-order valence-electron chi connectivity index (χ2n) is 5.87. The van der Waals surface area contributed by atoms with Crippen LogP contribution in [0.1, 0.15) is 30.5 Å². The number of hydrogen-bond donors (Lipinski definition) is 1. The Morgan fingerprint density at radius 3 is 2.35 bits per heavy atom. The maximum absolute atomic E-state index is 12.5. The summed E-state index contributed by atoms with van der Waals surface area (Å²) < 4.78 is 1.55. The molecule has 0 fully saturated rings. The van der Waals surface area contributed by atoms with E-state index >= 15 is 0 Å². The molecule has 0 saturated carbocycles. The lowest BCUT2D eigenvalue weighted by molar-refractivity contribution is -0.142. The number of fused-ring (bicyclic) bond motifs is 1. The highest BCUT2D eigenvalue weighted by Crippen LogP contribution is 2.26. The van der Waals surface area contributed by atoms with Crippen LogP contribution in [-0.4, -0.2) is 15.6 Å². The van der Waals surface area contributed by atoms with E-state index in [1.54, 1.807) is 31.5 Å². The Hall–Kier alpha value is -2.10. The number of nitrogens with zero attached hydrogens (tertiary/aromatic N) is 1. The number of rotatable bonds is 2. The van der Waals surface area contributed by atoms with Crippen LogP contribution in [0, 0.1) is 13.8 Å². The van der Waals surface area contributed by atoms with Gasteiger partial charge in [0.15, 0.2) is 0 Å². The first-order valence-electron chi connectivity index (χ1n) is 6.51. The minimum Gasteiger partial charge on any atom is -0.481 e. The Morgan fingerprint density at radius 1 is 1.20 bits per heavy atom. The summed E-state index contributed by atoms with van der Waals surface area (Å²) in [6.07, 6.45) is 0. The summed E-state index contributed by atoms with van der Waals surface area (Å²) >= 11 is 0. The predicted octanol–water partition coefficient (Wildman–Crippen LogP) is 2.52. The normalized spacial score (nSPS) is 11.8. The van der Waals surface area contributed by atoms with Gasteiger partial charge in [-0.25, -0.2) is 0 Å². The fourth-order valence-corrected chi connectivity index (χ4v) is 2.62. The number of carbonyl (C=O) groups is 1. The molecule has 1 aromatic carbocycles. The SMILES string of the molecule is Cc1cc(C)c2c(c1)cc(C(C)(C)C(=O)O)c(=O)n2C. The van der Waals surface area contributed by atoms with Crippen molar-refractivity contribution < 1.29 is 9.90 Å². The van der Waals surface area contributed by atoms with Gasteiger partial charge in [-0.1, -0.05) is 11.6 Å². The summed E-state index contributed by atoms with van der Waals surface area (Å²) in [5, 5.41) is 10.2. The summed E-state index contributed by atoms with van der Waals surface area (Å²) in [6, 6.07) is 5.71. The van der Waals surface area contributed by atoms with E-state index in [4.69, 9.17) is 0 Å². The van der Waals surface area contributed by atoms with Crippen LogP contribution in [0.25, 0.3) is 10.9 Å². The van der Waals surface area contributed by atoms with Gasteiger partial charge in [0.05, 0.1) is 10.9 Å². The third kappa shape index (κ3) is 2.01. The average Bonchev–Trinajstić information content (AvgIpc) is 2.32. The molecule has 4 nitrogen and oxygen atoms in total. The first-order chi connectivity index (χ1) is 9.16. The van der Waals surface area contributed by atoms with E-state index in [1.807, 2.05) is 26.0 Å². The van der Waals surface area contributed by atoms with Crippen LogP contribution in [0.5, 0.6) is 0 Å². The molecule has 20 heavy (non-hydrogen) atoms. The zero-order valence-corrected chi connectivity index (χ0v) is 12.4. The Labute approximate surface area is 117 Å². The van der Waals surface area contributed by atoms with Crippen LogP contribution in [0.3, 0.4) is 0 Å². The summed E-state index contributed by atoms with van der Waals surface area (Å²) in [5.74, 6) is -1.00. The van der Waals surface area contributed by atoms with E-state index in [0.29, 0.717) is 5.56 Å². The van der Waals surface area contributed by atoms with Crippen molar-refractivity contribution in [2.45, 2.75) is 33.1 Å². The van der Waals surface area contributed by atoms with E-state index in [0.717, 1.165) is 22.0 Å². The fraction of sp³-hybridized carbons (Fsp3) is 0.375. The minimum absolute atomic E-state index is 0.253. The summed E-state index contributed by atoms with van der Waals surface area (Å²) in [5.41, 5.74) is 1.81. The molecular formula is C16H19NO3. The molecule has 1 aromatic heterocycles. The zero-order valence-electron chi connectivity index (χ0n) is 12.4. The van der Waals surface area contributed by atoms with Gasteiger partial charge in [0, 0.05) is 12.6 Å². The molecule has 106 valence electrons. The smallest absolute Gasteiger partial charge is 0.313 e. The number of aromatic nitrogens is 1. The molecule has 0 aliphatic heterocycles. The lowest BCUT2D eigenvalue weighted by Gasteiger charge is -2.21. The molecule has 2 aromatic rings. The molecular weight excluding hydrogens is 254 g/mol. The Bertz CT molecular complexity index is 769. The van der Waals surface area contributed by atoms with Crippen molar-refractivity contribution in [3.8, 4) is 0 Å². The first kappa shape index (κ1) is 14.3. The van der Waals surface area contributed by atoms with Crippen molar-refractivity contribution in [1.29, 1.82) is 0 Å². The maximum Gasteiger partial charge on any atom is 0.313 e. The number of hydrogen-bond acceptors (Lipinski definition) is 2. The van der Waals surface area contributed by atoms with Gasteiger partial charge in [-0.2, -0.15) is 0 Å². The topological polar surface area (TPSA) is 59.3 Å². The van der Waals surface area contributed by atoms with E-state index in [-0.39, 0.29) is 5.56 Å². The van der Waals surface area contributed by atoms with Crippen LogP contribution in [0.2, 0.25) is 0 Å². The molecule has 1 N–H and O–H groups in total. The van der Waals surface area contributed by atoms with Crippen molar-refractivity contribution in [1.82, 2.24) is 4.57 Å². The summed E-state index contributed by atoms with van der Waals surface area (Å²) in [6.45, 7) is 7.05. The molecule has 0 radical (unpaired) electrons. The maximum atomic E-state index is 12.5. The number of aliphatic carboxylic acids is 1. The molecule has 0 spiro atoms. The van der Waals surface area contributed by atoms with Gasteiger partial charge in [0.2, 0.25) is 0 Å². The van der Waals surface area contributed by atoms with E-state index < -0.39 is 11.4 Å². The number of carboxylic acid groups (broad SMARTS) is 1. The molecule has 0 unspecified atom stereocenters. The molecule has 0 atom stereocenters. The van der Waals surface area contributed by atoms with Gasteiger partial charge in [-0.15, -0.1) is 0 Å². The van der Waals surface area contributed by atoms with Gasteiger partial charge < -0.3 is 9.67 Å². The first-order valence-corrected chi connectivity index (χ1v) is 6.51. The van der Waals surface area contributed by atoms with Crippen molar-refractivity contribution in [3.05, 3.63) is 45.2 Å². The number of benzene rings is 1. The second-order valence-corrected chi connectivity index (χ2v) is 5.87. The van der Waals surface area contributed by atoms with Crippen LogP contribution >= 0.6 is 0 Å². The summed E-state index contributed by atoms with van der Waals surface area (Å²) in [7, 11) is 1.69. The quantitative estimate of drug-likeness (QED) is 0.914. The molecule has 0 aliphatic rings. The highest BCUT2D eigenvalue weighted by atomic mass is 16.4. The number of pyridine rings is 1. The minimum atomic E-state index is -1.21. The zero-order chi connectivity index (χ0) is 15.2. The van der Waals surface area contributed by atoms with Gasteiger partial charge in [-0.05, 0) is 50.8 Å². The molecule has 1 heterocycles. The molecule has 2 rings (SSSR count). The Kier molecular flexibility index (Phi) is 3.20. The molecule has 0 saturated heterocycles. The van der Waals surface area contributed by atoms with E-state index in [9.17, 15) is 14.7 Å². The Balaban J connectivity index is 2.94. The van der Waals surface area contributed by atoms with Gasteiger partial charge in [0.1, 0.15) is 0 Å².